The van der Waals surface area contributed by atoms with E-state index in [9.17, 15) is 4.79 Å². The van der Waals surface area contributed by atoms with E-state index < -0.39 is 0 Å². The summed E-state index contributed by atoms with van der Waals surface area (Å²) in [6.45, 7) is 2.66. The molecule has 0 saturated carbocycles. The maximum absolute atomic E-state index is 9.18. The first-order valence-electron chi connectivity index (χ1n) is 5.08. The Labute approximate surface area is 84.5 Å². The highest BCUT2D eigenvalue weighted by Gasteiger charge is 2.07. The van der Waals surface area contributed by atoms with Crippen molar-refractivity contribution >= 4 is 6.47 Å². The first-order chi connectivity index (χ1) is 6.88. The summed E-state index contributed by atoms with van der Waals surface area (Å²) in [5.41, 5.74) is 3.02. The maximum Gasteiger partial charge on any atom is 0.293 e. The minimum atomic E-state index is 0.431. The molecule has 1 aromatic heterocycles. The van der Waals surface area contributed by atoms with Crippen LogP contribution in [0.5, 0.6) is 0 Å². The van der Waals surface area contributed by atoms with Gasteiger partial charge in [0.25, 0.3) is 6.47 Å². The van der Waals surface area contributed by atoms with Gasteiger partial charge in [-0.1, -0.05) is 0 Å². The number of aromatic nitrogens is 1. The fourth-order valence-electron chi connectivity index (χ4n) is 1.59. The topological polar surface area (TPSA) is 42.1 Å². The average molecular weight is 195 g/mol. The van der Waals surface area contributed by atoms with Crippen LogP contribution in [0, 0.1) is 0 Å². The van der Waals surface area contributed by atoms with Gasteiger partial charge in [0.05, 0.1) is 6.61 Å². The normalized spacial score (nSPS) is 13.5. The van der Waals surface area contributed by atoms with Crippen LogP contribution in [-0.2, 0) is 22.4 Å². The van der Waals surface area contributed by atoms with E-state index in [4.69, 9.17) is 0 Å². The zero-order valence-corrected chi connectivity index (χ0v) is 8.58. The lowest BCUT2D eigenvalue weighted by Gasteiger charge is -2.08. The van der Waals surface area contributed by atoms with Crippen LogP contribution in [-0.4, -0.2) is 18.1 Å². The molecule has 3 nitrogen and oxygen atoms in total. The van der Waals surface area contributed by atoms with Gasteiger partial charge in [0.15, 0.2) is 0 Å². The number of carbonyl (C=O) groups is 1. The molecule has 0 radical (unpaired) electrons. The quantitative estimate of drug-likeness (QED) is 0.734. The number of aromatic amines is 1. The summed E-state index contributed by atoms with van der Waals surface area (Å²) in [6, 6.07) is 2.20. The molecule has 0 unspecified atom stereocenters. The Kier molecular flexibility index (Phi) is 4.83. The lowest BCUT2D eigenvalue weighted by molar-refractivity contribution is -0.128. The fraction of sp³-hybridized carbons (Fsp3) is 0.545. The van der Waals surface area contributed by atoms with Crippen LogP contribution in [0.15, 0.2) is 12.3 Å². The minimum Gasteiger partial charge on any atom is -0.468 e. The summed E-state index contributed by atoms with van der Waals surface area (Å²) in [4.78, 5) is 12.4. The molecule has 0 spiro atoms. The van der Waals surface area contributed by atoms with E-state index in [1.165, 1.54) is 31.4 Å². The van der Waals surface area contributed by atoms with Crippen molar-refractivity contribution in [2.45, 2.75) is 32.6 Å². The highest BCUT2D eigenvalue weighted by atomic mass is 16.5. The summed E-state index contributed by atoms with van der Waals surface area (Å²) >= 11 is 0. The predicted octanol–water partition coefficient (Wildman–Crippen LogP) is 2.07. The van der Waals surface area contributed by atoms with Gasteiger partial charge in [-0.3, -0.25) is 4.79 Å². The largest absolute Gasteiger partial charge is 0.468 e. The van der Waals surface area contributed by atoms with Gasteiger partial charge in [0.2, 0.25) is 0 Å². The van der Waals surface area contributed by atoms with E-state index >= 15 is 0 Å². The molecule has 0 bridgehead atoms. The van der Waals surface area contributed by atoms with E-state index in [-0.39, 0.29) is 0 Å². The first-order valence-corrected chi connectivity index (χ1v) is 5.08. The molecule has 1 aromatic rings. The Hall–Kier alpha value is -1.25. The highest BCUT2D eigenvalue weighted by Crippen LogP contribution is 2.18. The number of nitrogens with one attached hydrogen (secondary N) is 1. The van der Waals surface area contributed by atoms with Crippen LogP contribution in [0.25, 0.3) is 0 Å². The van der Waals surface area contributed by atoms with Gasteiger partial charge in [-0.05, 0) is 44.2 Å². The van der Waals surface area contributed by atoms with Crippen LogP contribution >= 0.6 is 0 Å². The average Bonchev–Trinajstić information content (AvgIpc) is 2.67. The molecule has 2 rings (SSSR count). The molecule has 0 saturated heterocycles. The van der Waals surface area contributed by atoms with Crippen molar-refractivity contribution in [2.75, 3.05) is 6.61 Å². The molecule has 1 heterocycles. The van der Waals surface area contributed by atoms with Crippen molar-refractivity contribution in [1.29, 1.82) is 0 Å². The van der Waals surface area contributed by atoms with E-state index in [0.717, 1.165) is 0 Å². The zero-order chi connectivity index (χ0) is 10.2. The number of carbonyl (C=O) groups excluding carboxylic acids is 1. The summed E-state index contributed by atoms with van der Waals surface area (Å²) in [6.07, 6.45) is 7.36. The number of fused-ring (bicyclic) bond motifs is 1. The molecule has 14 heavy (non-hydrogen) atoms. The van der Waals surface area contributed by atoms with Gasteiger partial charge in [-0.25, -0.2) is 0 Å². The smallest absolute Gasteiger partial charge is 0.293 e. The Morgan fingerprint density at radius 1 is 1.50 bits per heavy atom. The number of hydrogen-bond donors (Lipinski definition) is 1. The molecule has 78 valence electrons. The second kappa shape index (κ2) is 6.24. The minimum absolute atomic E-state index is 0.431. The third-order valence-electron chi connectivity index (χ3n) is 2.29. The fourth-order valence-corrected chi connectivity index (χ4v) is 1.59. The SMILES string of the molecule is CCOC=O.c1cc2c([nH]1)CCCC2. The van der Waals surface area contributed by atoms with Crippen molar-refractivity contribution in [3.8, 4) is 0 Å². The molecule has 1 aliphatic rings. The van der Waals surface area contributed by atoms with E-state index in [0.29, 0.717) is 13.1 Å². The second-order valence-corrected chi connectivity index (χ2v) is 3.24. The van der Waals surface area contributed by atoms with Crippen molar-refractivity contribution in [2.24, 2.45) is 0 Å². The molecule has 0 aromatic carbocycles. The van der Waals surface area contributed by atoms with Crippen molar-refractivity contribution in [1.82, 2.24) is 4.98 Å². The summed E-state index contributed by atoms with van der Waals surface area (Å²) < 4.78 is 4.15. The molecule has 3 heteroatoms. The molecule has 0 amide bonds. The van der Waals surface area contributed by atoms with Gasteiger partial charge >= 0.3 is 0 Å². The summed E-state index contributed by atoms with van der Waals surface area (Å²) in [7, 11) is 0. The van der Waals surface area contributed by atoms with Crippen LogP contribution in [0.2, 0.25) is 0 Å². The summed E-state index contributed by atoms with van der Waals surface area (Å²) in [5.74, 6) is 0. The first kappa shape index (κ1) is 10.8. The molecule has 1 N–H and O–H groups in total. The van der Waals surface area contributed by atoms with Crippen molar-refractivity contribution in [3.63, 3.8) is 0 Å². The van der Waals surface area contributed by atoms with Gasteiger partial charge in [0.1, 0.15) is 0 Å². The molecule has 0 atom stereocenters. The van der Waals surface area contributed by atoms with Gasteiger partial charge in [-0.2, -0.15) is 0 Å². The number of aryl methyl sites for hydroxylation is 2. The van der Waals surface area contributed by atoms with E-state index in [1.54, 1.807) is 12.5 Å². The molecule has 1 aliphatic carbocycles. The van der Waals surface area contributed by atoms with Crippen molar-refractivity contribution in [3.05, 3.63) is 23.5 Å². The van der Waals surface area contributed by atoms with Crippen LogP contribution < -0.4 is 0 Å². The van der Waals surface area contributed by atoms with Crippen LogP contribution in [0.1, 0.15) is 31.0 Å². The monoisotopic (exact) mass is 195 g/mol. The summed E-state index contributed by atoms with van der Waals surface area (Å²) in [5, 5.41) is 0. The number of H-pyrrole nitrogens is 1. The molecule has 0 aliphatic heterocycles. The molecular formula is C11H17NO2. The standard InChI is InChI=1S/C8H11N.C3H6O2/c1-2-4-8-7(3-1)5-6-9-8;1-2-5-3-4/h5-6,9H,1-4H2;3H,2H2,1H3. The number of hydrogen-bond acceptors (Lipinski definition) is 2. The van der Waals surface area contributed by atoms with Gasteiger partial charge in [-0.15, -0.1) is 0 Å². The third-order valence-corrected chi connectivity index (χ3v) is 2.29. The van der Waals surface area contributed by atoms with Crippen LogP contribution in [0.4, 0.5) is 0 Å². The third kappa shape index (κ3) is 3.24. The number of rotatable bonds is 2. The van der Waals surface area contributed by atoms with E-state index in [2.05, 4.69) is 22.0 Å². The van der Waals surface area contributed by atoms with Crippen LogP contribution in [0.3, 0.4) is 0 Å². The lowest BCUT2D eigenvalue weighted by atomic mass is 9.98. The molecule has 0 fully saturated rings. The molecular weight excluding hydrogens is 178 g/mol. The Bertz CT molecular complexity index is 248. The van der Waals surface area contributed by atoms with Gasteiger partial charge in [0, 0.05) is 11.9 Å². The van der Waals surface area contributed by atoms with E-state index in [1.807, 2.05) is 0 Å². The Balaban J connectivity index is 0.000000171. The predicted molar refractivity (Wildman–Crippen MR) is 55.1 cm³/mol. The Morgan fingerprint density at radius 3 is 2.86 bits per heavy atom. The van der Waals surface area contributed by atoms with Gasteiger partial charge < -0.3 is 9.72 Å². The Morgan fingerprint density at radius 2 is 2.29 bits per heavy atom. The maximum atomic E-state index is 9.18. The second-order valence-electron chi connectivity index (χ2n) is 3.24. The lowest BCUT2D eigenvalue weighted by Crippen LogP contribution is -1.99. The van der Waals surface area contributed by atoms with Crippen molar-refractivity contribution < 1.29 is 9.53 Å². The highest BCUT2D eigenvalue weighted by molar-refractivity contribution is 5.36. The number of ether oxygens (including phenoxy) is 1. The zero-order valence-electron chi connectivity index (χ0n) is 8.58.